The third-order valence-electron chi connectivity index (χ3n) is 3.00. The number of esters is 1. The number of benzene rings is 2. The second-order valence-electron chi connectivity index (χ2n) is 4.25. The van der Waals surface area contributed by atoms with E-state index in [1.807, 2.05) is 6.07 Å². The van der Waals surface area contributed by atoms with E-state index in [-0.39, 0.29) is 5.97 Å². The maximum atomic E-state index is 11.6. The summed E-state index contributed by atoms with van der Waals surface area (Å²) in [5.74, 6) is -0.379. The highest BCUT2D eigenvalue weighted by atomic mass is 16.5. The molecule has 0 saturated carbocycles. The average Bonchev–Trinajstić information content (AvgIpc) is 2.54. The minimum Gasteiger partial charge on any atom is -0.462 e. The fourth-order valence-corrected chi connectivity index (χ4v) is 2.01. The summed E-state index contributed by atoms with van der Waals surface area (Å²) in [6.45, 7) is 2.07. The Labute approximate surface area is 122 Å². The Bertz CT molecular complexity index is 750. The van der Waals surface area contributed by atoms with Crippen LogP contribution in [0, 0.1) is 22.7 Å². The number of carbonyl (C=O) groups excluding carboxylic acids is 1. The Hall–Kier alpha value is -3.11. The summed E-state index contributed by atoms with van der Waals surface area (Å²) in [5.41, 5.74) is 2.58. The van der Waals surface area contributed by atoms with E-state index in [1.54, 1.807) is 49.4 Å². The molecule has 0 aliphatic rings. The lowest BCUT2D eigenvalue weighted by molar-refractivity contribution is 0.0526. The average molecular weight is 276 g/mol. The van der Waals surface area contributed by atoms with Gasteiger partial charge in [0.2, 0.25) is 0 Å². The number of nitrogens with zero attached hydrogens (tertiary/aromatic N) is 2. The van der Waals surface area contributed by atoms with Crippen LogP contribution < -0.4 is 0 Å². The fourth-order valence-electron chi connectivity index (χ4n) is 2.01. The van der Waals surface area contributed by atoms with Gasteiger partial charge in [0.05, 0.1) is 23.3 Å². The first-order valence-electron chi connectivity index (χ1n) is 6.42. The molecule has 2 aromatic rings. The topological polar surface area (TPSA) is 73.9 Å². The molecule has 0 aliphatic heterocycles. The molecule has 2 rings (SSSR count). The van der Waals surface area contributed by atoms with Crippen LogP contribution in [0.25, 0.3) is 11.1 Å². The maximum absolute atomic E-state index is 11.6. The summed E-state index contributed by atoms with van der Waals surface area (Å²) < 4.78 is 4.92. The maximum Gasteiger partial charge on any atom is 0.338 e. The van der Waals surface area contributed by atoms with E-state index in [1.165, 1.54) is 0 Å². The third kappa shape index (κ3) is 2.91. The molecule has 0 heterocycles. The van der Waals surface area contributed by atoms with Gasteiger partial charge in [0.25, 0.3) is 0 Å². The molecule has 2 aromatic carbocycles. The molecule has 0 amide bonds. The number of carbonyl (C=O) groups is 1. The molecule has 0 unspecified atom stereocenters. The quantitative estimate of drug-likeness (QED) is 0.806. The van der Waals surface area contributed by atoms with Crippen LogP contribution in [0.3, 0.4) is 0 Å². The normalized spacial score (nSPS) is 9.48. The smallest absolute Gasteiger partial charge is 0.338 e. The van der Waals surface area contributed by atoms with Gasteiger partial charge in [0, 0.05) is 5.56 Å². The van der Waals surface area contributed by atoms with Crippen molar-refractivity contribution in [3.8, 4) is 23.3 Å². The summed E-state index contributed by atoms with van der Waals surface area (Å²) in [7, 11) is 0. The van der Waals surface area contributed by atoms with Crippen molar-refractivity contribution in [3.05, 3.63) is 59.2 Å². The molecule has 4 heteroatoms. The highest BCUT2D eigenvalue weighted by molar-refractivity contribution is 5.90. The summed E-state index contributed by atoms with van der Waals surface area (Å²) >= 11 is 0. The van der Waals surface area contributed by atoms with Gasteiger partial charge in [-0.15, -0.1) is 0 Å². The second kappa shape index (κ2) is 6.36. The number of nitriles is 2. The van der Waals surface area contributed by atoms with Gasteiger partial charge in [-0.2, -0.15) is 10.5 Å². The van der Waals surface area contributed by atoms with Gasteiger partial charge >= 0.3 is 5.97 Å². The van der Waals surface area contributed by atoms with E-state index >= 15 is 0 Å². The number of rotatable bonds is 3. The zero-order chi connectivity index (χ0) is 15.2. The van der Waals surface area contributed by atoms with E-state index in [2.05, 4.69) is 6.07 Å². The molecule has 0 spiro atoms. The zero-order valence-corrected chi connectivity index (χ0v) is 11.5. The van der Waals surface area contributed by atoms with Crippen LogP contribution in [0.15, 0.2) is 42.5 Å². The number of ether oxygens (including phenoxy) is 1. The lowest BCUT2D eigenvalue weighted by Gasteiger charge is -2.07. The van der Waals surface area contributed by atoms with Gasteiger partial charge in [-0.1, -0.05) is 24.3 Å². The van der Waals surface area contributed by atoms with Crippen LogP contribution in [0.2, 0.25) is 0 Å². The van der Waals surface area contributed by atoms with Crippen molar-refractivity contribution in [1.29, 1.82) is 10.5 Å². The van der Waals surface area contributed by atoms with Crippen LogP contribution in [0.4, 0.5) is 0 Å². The SMILES string of the molecule is CCOC(=O)c1ccc(-c2cccc(C#N)c2C#N)cc1. The lowest BCUT2D eigenvalue weighted by Crippen LogP contribution is -2.04. The Kier molecular flexibility index (Phi) is 4.33. The molecular formula is C17H12N2O2. The van der Waals surface area contributed by atoms with E-state index in [4.69, 9.17) is 10.00 Å². The highest BCUT2D eigenvalue weighted by Gasteiger charge is 2.11. The predicted molar refractivity (Wildman–Crippen MR) is 77.3 cm³/mol. The lowest BCUT2D eigenvalue weighted by atomic mass is 9.96. The van der Waals surface area contributed by atoms with Crippen molar-refractivity contribution >= 4 is 5.97 Å². The minimum atomic E-state index is -0.379. The van der Waals surface area contributed by atoms with Crippen molar-refractivity contribution in [2.75, 3.05) is 6.61 Å². The van der Waals surface area contributed by atoms with Crippen LogP contribution in [0.1, 0.15) is 28.4 Å². The molecule has 0 aliphatic carbocycles. The van der Waals surface area contributed by atoms with E-state index in [9.17, 15) is 10.1 Å². The largest absolute Gasteiger partial charge is 0.462 e. The first-order valence-corrected chi connectivity index (χ1v) is 6.42. The third-order valence-corrected chi connectivity index (χ3v) is 3.00. The molecular weight excluding hydrogens is 264 g/mol. The van der Waals surface area contributed by atoms with Crippen LogP contribution in [0.5, 0.6) is 0 Å². The summed E-state index contributed by atoms with van der Waals surface area (Å²) in [5, 5.41) is 18.3. The van der Waals surface area contributed by atoms with Gasteiger partial charge in [0.1, 0.15) is 12.1 Å². The van der Waals surface area contributed by atoms with Gasteiger partial charge in [-0.25, -0.2) is 4.79 Å². The van der Waals surface area contributed by atoms with Crippen molar-refractivity contribution in [3.63, 3.8) is 0 Å². The predicted octanol–water partition coefficient (Wildman–Crippen LogP) is 3.27. The van der Waals surface area contributed by atoms with Gasteiger partial charge in [-0.05, 0) is 30.7 Å². The molecule has 0 atom stereocenters. The minimum absolute atomic E-state index is 0.323. The van der Waals surface area contributed by atoms with Gasteiger partial charge in [0.15, 0.2) is 0 Å². The fraction of sp³-hybridized carbons (Fsp3) is 0.118. The van der Waals surface area contributed by atoms with E-state index < -0.39 is 0 Å². The van der Waals surface area contributed by atoms with Crippen molar-refractivity contribution in [2.45, 2.75) is 6.92 Å². The highest BCUT2D eigenvalue weighted by Crippen LogP contribution is 2.26. The summed E-state index contributed by atoms with van der Waals surface area (Å²) in [6.07, 6.45) is 0. The Morgan fingerprint density at radius 2 is 1.81 bits per heavy atom. The molecule has 102 valence electrons. The number of hydrogen-bond donors (Lipinski definition) is 0. The van der Waals surface area contributed by atoms with Gasteiger partial charge in [-0.3, -0.25) is 0 Å². The molecule has 0 bridgehead atoms. The molecule has 4 nitrogen and oxygen atoms in total. The second-order valence-corrected chi connectivity index (χ2v) is 4.25. The molecule has 0 fully saturated rings. The van der Waals surface area contributed by atoms with Crippen molar-refractivity contribution in [1.82, 2.24) is 0 Å². The van der Waals surface area contributed by atoms with Crippen LogP contribution in [-0.2, 0) is 4.74 Å². The molecule has 0 N–H and O–H groups in total. The Morgan fingerprint density at radius 3 is 2.38 bits per heavy atom. The first-order chi connectivity index (χ1) is 10.2. The van der Waals surface area contributed by atoms with E-state index in [0.29, 0.717) is 28.9 Å². The zero-order valence-electron chi connectivity index (χ0n) is 11.5. The van der Waals surface area contributed by atoms with E-state index in [0.717, 1.165) is 5.56 Å². The first kappa shape index (κ1) is 14.3. The molecule has 21 heavy (non-hydrogen) atoms. The standard InChI is InChI=1S/C17H12N2O2/c1-2-21-17(20)13-8-6-12(7-9-13)15-5-3-4-14(10-18)16(15)11-19/h3-9H,2H2,1H3. The summed E-state index contributed by atoms with van der Waals surface area (Å²) in [4.78, 5) is 11.6. The molecule has 0 saturated heterocycles. The van der Waals surface area contributed by atoms with Crippen molar-refractivity contribution in [2.24, 2.45) is 0 Å². The van der Waals surface area contributed by atoms with Crippen LogP contribution in [-0.4, -0.2) is 12.6 Å². The Balaban J connectivity index is 2.43. The van der Waals surface area contributed by atoms with Gasteiger partial charge < -0.3 is 4.74 Å². The van der Waals surface area contributed by atoms with Crippen molar-refractivity contribution < 1.29 is 9.53 Å². The number of hydrogen-bond acceptors (Lipinski definition) is 4. The molecule has 0 radical (unpaired) electrons. The monoisotopic (exact) mass is 276 g/mol. The summed E-state index contributed by atoms with van der Waals surface area (Å²) in [6, 6.07) is 15.9. The van der Waals surface area contributed by atoms with Crippen LogP contribution >= 0.6 is 0 Å². The molecule has 0 aromatic heterocycles. The Morgan fingerprint density at radius 1 is 1.10 bits per heavy atom.